The molecule has 0 aliphatic carbocycles. The number of nitrogen functional groups attached to an aromatic ring is 1. The molecule has 0 aromatic heterocycles. The summed E-state index contributed by atoms with van der Waals surface area (Å²) in [6, 6.07) is 3.60. The van der Waals surface area contributed by atoms with Crippen LogP contribution in [0.4, 0.5) is 17.1 Å². The number of rotatable bonds is 6. The molecule has 2 rings (SSSR count). The van der Waals surface area contributed by atoms with E-state index in [0.29, 0.717) is 37.4 Å². The van der Waals surface area contributed by atoms with Crippen LogP contribution in [0.2, 0.25) is 0 Å². The monoisotopic (exact) mass is 292 g/mol. The van der Waals surface area contributed by atoms with Gasteiger partial charge in [0.1, 0.15) is 0 Å². The lowest BCUT2D eigenvalue weighted by Crippen LogP contribution is -2.32. The summed E-state index contributed by atoms with van der Waals surface area (Å²) >= 11 is 0. The Morgan fingerprint density at radius 1 is 1.43 bits per heavy atom. The lowest BCUT2D eigenvalue weighted by molar-refractivity contribution is -0.119. The Morgan fingerprint density at radius 2 is 2.24 bits per heavy atom. The summed E-state index contributed by atoms with van der Waals surface area (Å²) in [6.07, 6.45) is 1.16. The lowest BCUT2D eigenvalue weighted by Gasteiger charge is -2.19. The summed E-state index contributed by atoms with van der Waals surface area (Å²) in [7, 11) is 1.58. The van der Waals surface area contributed by atoms with Gasteiger partial charge in [0.25, 0.3) is 0 Å². The van der Waals surface area contributed by atoms with Crippen LogP contribution in [-0.4, -0.2) is 38.6 Å². The third-order valence-electron chi connectivity index (χ3n) is 3.24. The normalized spacial score (nSPS) is 13.3. The number of methoxy groups -OCH3 is 1. The zero-order chi connectivity index (χ0) is 15.2. The zero-order valence-corrected chi connectivity index (χ0v) is 12.0. The molecular weight excluding hydrogens is 272 g/mol. The van der Waals surface area contributed by atoms with Crippen molar-refractivity contribution >= 4 is 28.9 Å². The molecule has 1 aromatic rings. The van der Waals surface area contributed by atoms with Gasteiger partial charge in [-0.1, -0.05) is 0 Å². The highest BCUT2D eigenvalue weighted by Crippen LogP contribution is 2.30. The largest absolute Gasteiger partial charge is 0.397 e. The second-order valence-electron chi connectivity index (χ2n) is 4.84. The number of aryl methyl sites for hydroxylation is 1. The number of carbonyl (C=O) groups is 2. The van der Waals surface area contributed by atoms with E-state index in [-0.39, 0.29) is 18.4 Å². The first-order chi connectivity index (χ1) is 10.1. The molecule has 21 heavy (non-hydrogen) atoms. The zero-order valence-electron chi connectivity index (χ0n) is 12.0. The first kappa shape index (κ1) is 15.1. The minimum atomic E-state index is -0.145. The third kappa shape index (κ3) is 4.09. The molecule has 0 bridgehead atoms. The molecule has 0 unspecified atom stereocenters. The van der Waals surface area contributed by atoms with Crippen molar-refractivity contribution in [2.24, 2.45) is 0 Å². The maximum atomic E-state index is 11.6. The van der Waals surface area contributed by atoms with Crippen molar-refractivity contribution in [1.82, 2.24) is 5.32 Å². The van der Waals surface area contributed by atoms with Crippen LogP contribution in [-0.2, 0) is 20.7 Å². The van der Waals surface area contributed by atoms with Crippen molar-refractivity contribution in [3.05, 3.63) is 17.7 Å². The summed E-state index contributed by atoms with van der Waals surface area (Å²) in [5.74, 6) is -0.149. The van der Waals surface area contributed by atoms with Gasteiger partial charge in [-0.2, -0.15) is 0 Å². The Morgan fingerprint density at radius 3 is 3.00 bits per heavy atom. The van der Waals surface area contributed by atoms with Crippen LogP contribution >= 0.6 is 0 Å². The molecule has 0 saturated carbocycles. The Labute approximate surface area is 123 Å². The van der Waals surface area contributed by atoms with Crippen LogP contribution in [0.5, 0.6) is 0 Å². The van der Waals surface area contributed by atoms with E-state index in [1.807, 2.05) is 6.07 Å². The van der Waals surface area contributed by atoms with Crippen LogP contribution in [0.1, 0.15) is 12.0 Å². The minimum Gasteiger partial charge on any atom is -0.397 e. The van der Waals surface area contributed by atoms with Crippen LogP contribution < -0.4 is 21.7 Å². The number of nitrogens with one attached hydrogen (secondary N) is 3. The first-order valence-corrected chi connectivity index (χ1v) is 6.82. The summed E-state index contributed by atoms with van der Waals surface area (Å²) < 4.78 is 4.85. The number of ether oxygens (including phenoxy) is 1. The second-order valence-corrected chi connectivity index (χ2v) is 4.84. The Bertz CT molecular complexity index is 545. The van der Waals surface area contributed by atoms with Gasteiger partial charge in [-0.25, -0.2) is 0 Å². The van der Waals surface area contributed by atoms with Crippen LogP contribution in [0.15, 0.2) is 12.1 Å². The number of fused-ring (bicyclic) bond motifs is 1. The molecule has 0 atom stereocenters. The lowest BCUT2D eigenvalue weighted by atomic mass is 10.0. The van der Waals surface area contributed by atoms with Crippen LogP contribution in [0.3, 0.4) is 0 Å². The molecule has 1 aromatic carbocycles. The predicted molar refractivity (Wildman–Crippen MR) is 81.2 cm³/mol. The third-order valence-corrected chi connectivity index (χ3v) is 3.24. The van der Waals surface area contributed by atoms with E-state index in [2.05, 4.69) is 16.0 Å². The average molecular weight is 292 g/mol. The maximum Gasteiger partial charge on any atom is 0.239 e. The highest BCUT2D eigenvalue weighted by Gasteiger charge is 2.16. The van der Waals surface area contributed by atoms with Gasteiger partial charge < -0.3 is 26.4 Å². The summed E-state index contributed by atoms with van der Waals surface area (Å²) in [5, 5.41) is 8.49. The van der Waals surface area contributed by atoms with Gasteiger partial charge >= 0.3 is 0 Å². The second kappa shape index (κ2) is 6.94. The van der Waals surface area contributed by atoms with Crippen LogP contribution in [0.25, 0.3) is 0 Å². The van der Waals surface area contributed by atoms with E-state index < -0.39 is 0 Å². The molecule has 5 N–H and O–H groups in total. The predicted octanol–water partition coefficient (Wildman–Crippen LogP) is 0.328. The van der Waals surface area contributed by atoms with Crippen molar-refractivity contribution in [2.45, 2.75) is 12.8 Å². The van der Waals surface area contributed by atoms with E-state index in [1.165, 1.54) is 0 Å². The smallest absolute Gasteiger partial charge is 0.239 e. The fourth-order valence-electron chi connectivity index (χ4n) is 2.13. The quantitative estimate of drug-likeness (QED) is 0.446. The SMILES string of the molecule is COCCNC(=O)CNc1cc2c(cc1N)CCC(=O)N2. The fraction of sp³-hybridized carbons (Fsp3) is 0.429. The molecule has 7 nitrogen and oxygen atoms in total. The molecule has 0 saturated heterocycles. The number of benzene rings is 1. The van der Waals surface area contributed by atoms with Crippen molar-refractivity contribution < 1.29 is 14.3 Å². The van der Waals surface area contributed by atoms with Crippen molar-refractivity contribution in [2.75, 3.05) is 43.2 Å². The number of amides is 2. The van der Waals surface area contributed by atoms with E-state index >= 15 is 0 Å². The number of anilines is 3. The number of hydrogen-bond acceptors (Lipinski definition) is 5. The molecule has 1 aliphatic rings. The fourth-order valence-corrected chi connectivity index (χ4v) is 2.13. The van der Waals surface area contributed by atoms with Gasteiger partial charge in [0.15, 0.2) is 0 Å². The summed E-state index contributed by atoms with van der Waals surface area (Å²) in [6.45, 7) is 1.05. The Hall–Kier alpha value is -2.28. The number of hydrogen-bond donors (Lipinski definition) is 4. The summed E-state index contributed by atoms with van der Waals surface area (Å²) in [5.41, 5.74) is 8.93. The van der Waals surface area contributed by atoms with E-state index in [0.717, 1.165) is 11.3 Å². The molecule has 114 valence electrons. The van der Waals surface area contributed by atoms with Gasteiger partial charge in [-0.3, -0.25) is 9.59 Å². The van der Waals surface area contributed by atoms with E-state index in [1.54, 1.807) is 13.2 Å². The Kier molecular flexibility index (Phi) is 4.99. The first-order valence-electron chi connectivity index (χ1n) is 6.82. The molecule has 0 spiro atoms. The Balaban J connectivity index is 1.95. The van der Waals surface area contributed by atoms with E-state index in [9.17, 15) is 9.59 Å². The molecule has 1 aliphatic heterocycles. The molecule has 2 amide bonds. The minimum absolute atomic E-state index is 0.00414. The van der Waals surface area contributed by atoms with Crippen molar-refractivity contribution in [1.29, 1.82) is 0 Å². The van der Waals surface area contributed by atoms with Crippen molar-refractivity contribution in [3.8, 4) is 0 Å². The molecule has 0 fully saturated rings. The molecule has 0 radical (unpaired) electrons. The number of nitrogens with two attached hydrogens (primary N) is 1. The van der Waals surface area contributed by atoms with Crippen LogP contribution in [0, 0.1) is 0 Å². The van der Waals surface area contributed by atoms with Gasteiger partial charge in [0, 0.05) is 25.8 Å². The summed E-state index contributed by atoms with van der Waals surface area (Å²) in [4.78, 5) is 23.0. The average Bonchev–Trinajstić information content (AvgIpc) is 2.46. The van der Waals surface area contributed by atoms with Gasteiger partial charge in [-0.05, 0) is 24.1 Å². The van der Waals surface area contributed by atoms with Gasteiger partial charge in [0.2, 0.25) is 11.8 Å². The molecular formula is C14H20N4O3. The molecule has 1 heterocycles. The van der Waals surface area contributed by atoms with Gasteiger partial charge in [-0.15, -0.1) is 0 Å². The number of carbonyl (C=O) groups excluding carboxylic acids is 2. The molecule has 7 heteroatoms. The van der Waals surface area contributed by atoms with E-state index in [4.69, 9.17) is 10.5 Å². The maximum absolute atomic E-state index is 11.6. The van der Waals surface area contributed by atoms with Crippen molar-refractivity contribution in [3.63, 3.8) is 0 Å². The highest BCUT2D eigenvalue weighted by molar-refractivity contribution is 5.95. The topological polar surface area (TPSA) is 105 Å². The standard InChI is InChI=1S/C14H20N4O3/c1-21-5-4-16-14(20)8-17-12-7-11-9(6-10(12)15)2-3-13(19)18-11/h6-7,17H,2-5,8,15H2,1H3,(H,16,20)(H,18,19). The highest BCUT2D eigenvalue weighted by atomic mass is 16.5. The van der Waals surface area contributed by atoms with Gasteiger partial charge in [0.05, 0.1) is 24.5 Å².